The predicted octanol–water partition coefficient (Wildman–Crippen LogP) is 2.92. The van der Waals surface area contributed by atoms with Gasteiger partial charge in [0.25, 0.3) is 0 Å². The van der Waals surface area contributed by atoms with E-state index in [0.29, 0.717) is 0 Å². The summed E-state index contributed by atoms with van der Waals surface area (Å²) < 4.78 is 2.92. The van der Waals surface area contributed by atoms with E-state index in [2.05, 4.69) is 59.4 Å². The Morgan fingerprint density at radius 1 is 1.22 bits per heavy atom. The fourth-order valence-electron chi connectivity index (χ4n) is 3.04. The van der Waals surface area contributed by atoms with Gasteiger partial charge in [-0.05, 0) is 39.9 Å². The van der Waals surface area contributed by atoms with Crippen LogP contribution in [0, 0.1) is 0 Å². The largest absolute Gasteiger partial charge is 0.352 e. The number of thiophene rings is 1. The second-order valence-corrected chi connectivity index (χ2v) is 7.68. The Bertz CT molecular complexity index is 777. The number of piperazine rings is 1. The van der Waals surface area contributed by atoms with E-state index in [-0.39, 0.29) is 0 Å². The summed E-state index contributed by atoms with van der Waals surface area (Å²) in [5.74, 6) is 1.03. The maximum Gasteiger partial charge on any atom is 0.156 e. The molecule has 0 aromatic carbocycles. The van der Waals surface area contributed by atoms with Gasteiger partial charge in [-0.1, -0.05) is 6.07 Å². The second-order valence-electron chi connectivity index (χ2n) is 5.73. The molecule has 0 spiro atoms. The molecule has 1 saturated heterocycles. The number of hydrogen-bond acceptors (Lipinski definition) is 5. The highest BCUT2D eigenvalue weighted by molar-refractivity contribution is 9.10. The third kappa shape index (κ3) is 3.27. The summed E-state index contributed by atoms with van der Waals surface area (Å²) in [7, 11) is 0. The van der Waals surface area contributed by atoms with Crippen LogP contribution in [0.25, 0.3) is 5.52 Å². The summed E-state index contributed by atoms with van der Waals surface area (Å²) in [4.78, 5) is 10.9. The Balaban J connectivity index is 1.40. The first-order valence-electron chi connectivity index (χ1n) is 7.78. The summed E-state index contributed by atoms with van der Waals surface area (Å²) in [6.45, 7) is 5.34. The number of aromatic nitrogens is 3. The molecule has 0 saturated carbocycles. The molecule has 0 radical (unpaired) electrons. The van der Waals surface area contributed by atoms with E-state index in [1.54, 1.807) is 6.33 Å². The summed E-state index contributed by atoms with van der Waals surface area (Å²) in [5.41, 5.74) is 1.06. The molecule has 1 aliphatic heterocycles. The van der Waals surface area contributed by atoms with Crippen LogP contribution in [0.2, 0.25) is 0 Å². The first kappa shape index (κ1) is 15.1. The Kier molecular flexibility index (Phi) is 4.33. The molecule has 3 aromatic rings. The average Bonchev–Trinajstić information content (AvgIpc) is 3.21. The molecular formula is C16H18BrN5S. The molecule has 23 heavy (non-hydrogen) atoms. The van der Waals surface area contributed by atoms with Crippen molar-refractivity contribution in [3.63, 3.8) is 0 Å². The molecule has 4 rings (SSSR count). The van der Waals surface area contributed by atoms with Gasteiger partial charge in [0.2, 0.25) is 0 Å². The van der Waals surface area contributed by atoms with Crippen LogP contribution >= 0.6 is 27.3 Å². The topological polar surface area (TPSA) is 36.7 Å². The predicted molar refractivity (Wildman–Crippen MR) is 97.4 cm³/mol. The molecule has 0 atom stereocenters. The lowest BCUT2D eigenvalue weighted by atomic mass is 10.2. The van der Waals surface area contributed by atoms with Crippen LogP contribution in [0.4, 0.5) is 5.82 Å². The minimum Gasteiger partial charge on any atom is -0.352 e. The monoisotopic (exact) mass is 391 g/mol. The van der Waals surface area contributed by atoms with Crippen molar-refractivity contribution in [2.75, 3.05) is 37.6 Å². The van der Waals surface area contributed by atoms with Crippen molar-refractivity contribution in [2.45, 2.75) is 6.42 Å². The van der Waals surface area contributed by atoms with Crippen LogP contribution in [0.15, 0.2) is 40.6 Å². The fourth-order valence-corrected chi connectivity index (χ4v) is 4.14. The molecule has 7 heteroatoms. The Labute approximate surface area is 147 Å². The van der Waals surface area contributed by atoms with Crippen LogP contribution in [0.1, 0.15) is 4.88 Å². The fraction of sp³-hybridized carbons (Fsp3) is 0.375. The van der Waals surface area contributed by atoms with Crippen molar-refractivity contribution in [3.8, 4) is 0 Å². The van der Waals surface area contributed by atoms with Crippen molar-refractivity contribution in [1.29, 1.82) is 0 Å². The van der Waals surface area contributed by atoms with Crippen LogP contribution in [-0.4, -0.2) is 52.2 Å². The Morgan fingerprint density at radius 3 is 2.87 bits per heavy atom. The smallest absolute Gasteiger partial charge is 0.156 e. The van der Waals surface area contributed by atoms with Crippen LogP contribution in [0.3, 0.4) is 0 Å². The maximum absolute atomic E-state index is 4.51. The highest BCUT2D eigenvalue weighted by Gasteiger charge is 2.20. The standard InChI is InChI=1S/C16H18BrN5S/c17-13-10-15-16(18-12-19-22(15)11-13)21-7-5-20(6-8-21)4-3-14-2-1-9-23-14/h1-2,9-12H,3-8H2. The summed E-state index contributed by atoms with van der Waals surface area (Å²) >= 11 is 5.37. The summed E-state index contributed by atoms with van der Waals surface area (Å²) in [6, 6.07) is 6.44. The van der Waals surface area contributed by atoms with Crippen LogP contribution in [-0.2, 0) is 6.42 Å². The third-order valence-corrected chi connectivity index (χ3v) is 5.65. The average molecular weight is 392 g/mol. The lowest BCUT2D eigenvalue weighted by Crippen LogP contribution is -2.47. The van der Waals surface area contributed by atoms with Crippen molar-refractivity contribution in [3.05, 3.63) is 45.5 Å². The van der Waals surface area contributed by atoms with Crippen molar-refractivity contribution >= 4 is 38.6 Å². The second kappa shape index (κ2) is 6.59. The molecule has 0 amide bonds. The minimum absolute atomic E-state index is 1.01. The first-order valence-corrected chi connectivity index (χ1v) is 9.45. The molecule has 3 aromatic heterocycles. The van der Waals surface area contributed by atoms with Gasteiger partial charge in [0, 0.05) is 48.3 Å². The maximum atomic E-state index is 4.51. The zero-order chi connectivity index (χ0) is 15.6. The number of fused-ring (bicyclic) bond motifs is 1. The van der Waals surface area contributed by atoms with Gasteiger partial charge in [-0.15, -0.1) is 11.3 Å². The number of rotatable bonds is 4. The van der Waals surface area contributed by atoms with Gasteiger partial charge >= 0.3 is 0 Å². The molecule has 1 aliphatic rings. The Hall–Kier alpha value is -1.44. The first-order chi connectivity index (χ1) is 11.3. The molecule has 1 fully saturated rings. The molecule has 5 nitrogen and oxygen atoms in total. The minimum atomic E-state index is 1.01. The van der Waals surface area contributed by atoms with Gasteiger partial charge in [0.15, 0.2) is 5.82 Å². The van der Waals surface area contributed by atoms with E-state index in [4.69, 9.17) is 0 Å². The van der Waals surface area contributed by atoms with Crippen molar-refractivity contribution in [1.82, 2.24) is 19.5 Å². The molecule has 0 unspecified atom stereocenters. The van der Waals surface area contributed by atoms with E-state index in [9.17, 15) is 0 Å². The van der Waals surface area contributed by atoms with Gasteiger partial charge < -0.3 is 4.90 Å². The zero-order valence-electron chi connectivity index (χ0n) is 12.7. The van der Waals surface area contributed by atoms with Crippen LogP contribution in [0.5, 0.6) is 0 Å². The van der Waals surface area contributed by atoms with E-state index < -0.39 is 0 Å². The molecule has 4 heterocycles. The van der Waals surface area contributed by atoms with E-state index in [1.807, 2.05) is 22.0 Å². The van der Waals surface area contributed by atoms with Crippen molar-refractivity contribution in [2.24, 2.45) is 0 Å². The highest BCUT2D eigenvalue weighted by atomic mass is 79.9. The summed E-state index contributed by atoms with van der Waals surface area (Å²) in [5, 5.41) is 6.43. The number of anilines is 1. The molecule has 0 N–H and O–H groups in total. The zero-order valence-corrected chi connectivity index (χ0v) is 15.1. The molecule has 0 aliphatic carbocycles. The Morgan fingerprint density at radius 2 is 2.09 bits per heavy atom. The number of nitrogens with zero attached hydrogens (tertiary/aromatic N) is 5. The van der Waals surface area contributed by atoms with E-state index in [0.717, 1.165) is 55.0 Å². The van der Waals surface area contributed by atoms with Gasteiger partial charge in [-0.3, -0.25) is 4.90 Å². The summed E-state index contributed by atoms with van der Waals surface area (Å²) in [6.07, 6.45) is 4.76. The number of hydrogen-bond donors (Lipinski definition) is 0. The van der Waals surface area contributed by atoms with Gasteiger partial charge in [-0.2, -0.15) is 5.10 Å². The molecular weight excluding hydrogens is 374 g/mol. The molecule has 120 valence electrons. The number of halogens is 1. The third-order valence-electron chi connectivity index (χ3n) is 4.28. The SMILES string of the molecule is Brc1cc2c(N3CCN(CCc4cccs4)CC3)ncnn2c1. The van der Waals surface area contributed by atoms with E-state index >= 15 is 0 Å². The van der Waals surface area contributed by atoms with E-state index in [1.165, 1.54) is 4.88 Å². The molecule has 0 bridgehead atoms. The normalized spacial score (nSPS) is 16.3. The van der Waals surface area contributed by atoms with Crippen molar-refractivity contribution < 1.29 is 0 Å². The highest BCUT2D eigenvalue weighted by Crippen LogP contribution is 2.24. The van der Waals surface area contributed by atoms with Gasteiger partial charge in [0.05, 0.1) is 0 Å². The van der Waals surface area contributed by atoms with Gasteiger partial charge in [0.1, 0.15) is 11.8 Å². The lowest BCUT2D eigenvalue weighted by molar-refractivity contribution is 0.261. The van der Waals surface area contributed by atoms with Crippen LogP contribution < -0.4 is 4.90 Å². The van der Waals surface area contributed by atoms with Gasteiger partial charge in [-0.25, -0.2) is 9.50 Å². The lowest BCUT2D eigenvalue weighted by Gasteiger charge is -2.35. The quantitative estimate of drug-likeness (QED) is 0.684.